The van der Waals surface area contributed by atoms with Crippen molar-refractivity contribution in [2.45, 2.75) is 151 Å². The second kappa shape index (κ2) is 14.2. The zero-order chi connectivity index (χ0) is 32.3. The van der Waals surface area contributed by atoms with Crippen molar-refractivity contribution in [3.05, 3.63) is 11.6 Å². The fourth-order valence-electron chi connectivity index (χ4n) is 9.70. The number of hydrogen-bond donors (Lipinski definition) is 0. The summed E-state index contributed by atoms with van der Waals surface area (Å²) in [4.78, 5) is 36.2. The van der Waals surface area contributed by atoms with Crippen molar-refractivity contribution >= 4 is 18.1 Å². The molecule has 250 valence electrons. The molecule has 4 aliphatic rings. The van der Waals surface area contributed by atoms with E-state index in [1.54, 1.807) is 20.8 Å². The molecule has 0 saturated heterocycles. The van der Waals surface area contributed by atoms with Crippen LogP contribution in [0.15, 0.2) is 11.6 Å². The van der Waals surface area contributed by atoms with E-state index in [9.17, 15) is 14.4 Å². The van der Waals surface area contributed by atoms with Crippen LogP contribution < -0.4 is 0 Å². The SMILES string of the molecule is CC(C)CCC[C@@H](C)[C@H]1CC[C@H]2[C@@H]3CC=C4C[C@@H](OC(=O)CCC(=O)OCOC(=O)OC(C)(C)C)CC[C@]4(C)[C@H]3CC[C@]12C. The van der Waals surface area contributed by atoms with E-state index in [1.807, 2.05) is 0 Å². The van der Waals surface area contributed by atoms with Crippen LogP contribution in [0.1, 0.15) is 139 Å². The van der Waals surface area contributed by atoms with Crippen LogP contribution in [0.4, 0.5) is 4.79 Å². The van der Waals surface area contributed by atoms with Gasteiger partial charge in [0.05, 0.1) is 12.8 Å². The summed E-state index contributed by atoms with van der Waals surface area (Å²) in [6.45, 7) is 17.0. The average Bonchev–Trinajstić information content (AvgIpc) is 3.28. The number of rotatable bonds is 11. The van der Waals surface area contributed by atoms with Gasteiger partial charge in [0.25, 0.3) is 0 Å². The molecule has 0 N–H and O–H groups in total. The van der Waals surface area contributed by atoms with Crippen molar-refractivity contribution in [3.8, 4) is 0 Å². The fourth-order valence-corrected chi connectivity index (χ4v) is 9.70. The van der Waals surface area contributed by atoms with Crippen molar-refractivity contribution < 1.29 is 33.3 Å². The Morgan fingerprint density at radius 2 is 1.64 bits per heavy atom. The Hall–Kier alpha value is -2.05. The molecule has 8 atom stereocenters. The van der Waals surface area contributed by atoms with Crippen molar-refractivity contribution in [1.29, 1.82) is 0 Å². The number of fused-ring (bicyclic) bond motifs is 5. The lowest BCUT2D eigenvalue weighted by Gasteiger charge is -2.58. The van der Waals surface area contributed by atoms with E-state index < -0.39 is 24.5 Å². The maximum Gasteiger partial charge on any atom is 0.511 e. The quantitative estimate of drug-likeness (QED) is 0.0990. The first-order valence-electron chi connectivity index (χ1n) is 17.5. The van der Waals surface area contributed by atoms with Gasteiger partial charge >= 0.3 is 18.1 Å². The first-order valence-corrected chi connectivity index (χ1v) is 17.5. The maximum atomic E-state index is 12.6. The molecule has 0 aromatic rings. The minimum absolute atomic E-state index is 0.0554. The van der Waals surface area contributed by atoms with Crippen molar-refractivity contribution in [2.75, 3.05) is 6.79 Å². The topological polar surface area (TPSA) is 88.1 Å². The van der Waals surface area contributed by atoms with Gasteiger partial charge in [-0.05, 0) is 112 Å². The molecule has 4 rings (SSSR count). The molecule has 0 radical (unpaired) electrons. The summed E-state index contributed by atoms with van der Waals surface area (Å²) in [5.41, 5.74) is 1.48. The van der Waals surface area contributed by atoms with Gasteiger partial charge in [0, 0.05) is 6.42 Å². The highest BCUT2D eigenvalue weighted by Crippen LogP contribution is 2.67. The largest absolute Gasteiger partial charge is 0.511 e. The Labute approximate surface area is 266 Å². The van der Waals surface area contributed by atoms with E-state index >= 15 is 0 Å². The summed E-state index contributed by atoms with van der Waals surface area (Å²) in [7, 11) is 0. The number of esters is 2. The van der Waals surface area contributed by atoms with Crippen LogP contribution in [0.3, 0.4) is 0 Å². The zero-order valence-corrected chi connectivity index (χ0v) is 28.9. The molecule has 0 aromatic heterocycles. The summed E-state index contributed by atoms with van der Waals surface area (Å²) >= 11 is 0. The van der Waals surface area contributed by atoms with Gasteiger partial charge in [0.2, 0.25) is 6.79 Å². The minimum atomic E-state index is -0.908. The lowest BCUT2D eigenvalue weighted by atomic mass is 9.47. The third-order valence-corrected chi connectivity index (χ3v) is 11.9. The summed E-state index contributed by atoms with van der Waals surface area (Å²) < 4.78 is 20.5. The normalized spacial score (nSPS) is 33.8. The van der Waals surface area contributed by atoms with Crippen LogP contribution in [-0.2, 0) is 28.5 Å². The lowest BCUT2D eigenvalue weighted by molar-refractivity contribution is -0.160. The molecule has 0 unspecified atom stereocenters. The van der Waals surface area contributed by atoms with Gasteiger partial charge in [-0.3, -0.25) is 9.59 Å². The molecule has 0 bridgehead atoms. The summed E-state index contributed by atoms with van der Waals surface area (Å²) in [6.07, 6.45) is 14.8. The van der Waals surface area contributed by atoms with Gasteiger partial charge in [0.1, 0.15) is 11.7 Å². The third-order valence-electron chi connectivity index (χ3n) is 11.9. The molecule has 0 aromatic carbocycles. The van der Waals surface area contributed by atoms with Crippen molar-refractivity contribution in [3.63, 3.8) is 0 Å². The Morgan fingerprint density at radius 1 is 0.909 bits per heavy atom. The first kappa shape index (κ1) is 34.8. The van der Waals surface area contributed by atoms with E-state index in [1.165, 1.54) is 56.9 Å². The van der Waals surface area contributed by atoms with Crippen LogP contribution in [0.5, 0.6) is 0 Å². The smallest absolute Gasteiger partial charge is 0.462 e. The predicted octanol–water partition coefficient (Wildman–Crippen LogP) is 9.17. The minimum Gasteiger partial charge on any atom is -0.462 e. The van der Waals surface area contributed by atoms with Gasteiger partial charge in [-0.1, -0.05) is 65.5 Å². The van der Waals surface area contributed by atoms with Gasteiger partial charge in [-0.25, -0.2) is 4.79 Å². The van der Waals surface area contributed by atoms with E-state index in [-0.39, 0.29) is 30.3 Å². The van der Waals surface area contributed by atoms with E-state index in [2.05, 4.69) is 40.7 Å². The third kappa shape index (κ3) is 8.20. The van der Waals surface area contributed by atoms with Gasteiger partial charge in [-0.15, -0.1) is 0 Å². The van der Waals surface area contributed by atoms with Crippen LogP contribution in [0.25, 0.3) is 0 Å². The molecule has 4 aliphatic carbocycles. The molecule has 7 nitrogen and oxygen atoms in total. The molecule has 44 heavy (non-hydrogen) atoms. The standard InChI is InChI=1S/C37H60O7/c1-24(2)10-9-11-25(3)29-14-15-30-28-13-12-26-22-27(18-20-36(26,7)31(28)19-21-37(29,30)8)43-33(39)17-16-32(38)41-23-42-34(40)44-35(4,5)6/h12,24-25,27-31H,9-11,13-23H2,1-8H3/t25-,27+,28+,29-,30+,31+,36+,37-/m1/s1. The Bertz CT molecular complexity index is 1060. The molecule has 7 heteroatoms. The van der Waals surface area contributed by atoms with Gasteiger partial charge in [-0.2, -0.15) is 0 Å². The Kier molecular flexibility index (Phi) is 11.2. The van der Waals surface area contributed by atoms with Gasteiger partial charge < -0.3 is 18.9 Å². The summed E-state index contributed by atoms with van der Waals surface area (Å²) in [5, 5.41) is 0. The lowest BCUT2D eigenvalue weighted by Crippen LogP contribution is -2.51. The summed E-state index contributed by atoms with van der Waals surface area (Å²) in [6, 6.07) is 0. The van der Waals surface area contributed by atoms with Crippen molar-refractivity contribution in [1.82, 2.24) is 0 Å². The first-order chi connectivity index (χ1) is 20.6. The zero-order valence-electron chi connectivity index (χ0n) is 28.9. The molecular formula is C37H60O7. The average molecular weight is 617 g/mol. The van der Waals surface area contributed by atoms with Crippen molar-refractivity contribution in [2.24, 2.45) is 46.3 Å². The number of carbonyl (C=O) groups is 3. The van der Waals surface area contributed by atoms with E-state index in [0.29, 0.717) is 5.41 Å². The highest BCUT2D eigenvalue weighted by atomic mass is 16.8. The monoisotopic (exact) mass is 616 g/mol. The second-order valence-corrected chi connectivity index (χ2v) is 16.4. The fraction of sp³-hybridized carbons (Fsp3) is 0.865. The molecule has 3 fully saturated rings. The maximum absolute atomic E-state index is 12.6. The number of allylic oxidation sites excluding steroid dienone is 1. The van der Waals surface area contributed by atoms with Crippen LogP contribution in [0.2, 0.25) is 0 Å². The van der Waals surface area contributed by atoms with Gasteiger partial charge in [0.15, 0.2) is 0 Å². The van der Waals surface area contributed by atoms with Crippen LogP contribution >= 0.6 is 0 Å². The number of carbonyl (C=O) groups excluding carboxylic acids is 3. The summed E-state index contributed by atoms with van der Waals surface area (Å²) in [5.74, 6) is 3.82. The van der Waals surface area contributed by atoms with E-state index in [4.69, 9.17) is 18.9 Å². The highest BCUT2D eigenvalue weighted by Gasteiger charge is 2.59. The number of hydrogen-bond acceptors (Lipinski definition) is 7. The molecular weight excluding hydrogens is 556 g/mol. The molecule has 0 aliphatic heterocycles. The Morgan fingerprint density at radius 3 is 2.34 bits per heavy atom. The molecule has 0 spiro atoms. The number of ether oxygens (including phenoxy) is 4. The highest BCUT2D eigenvalue weighted by molar-refractivity contribution is 5.77. The second-order valence-electron chi connectivity index (χ2n) is 16.4. The molecule has 3 saturated carbocycles. The van der Waals surface area contributed by atoms with Crippen LogP contribution in [-0.4, -0.2) is 36.6 Å². The predicted molar refractivity (Wildman–Crippen MR) is 170 cm³/mol. The molecule has 0 heterocycles. The van der Waals surface area contributed by atoms with E-state index in [0.717, 1.165) is 54.8 Å². The Balaban J connectivity index is 1.25. The molecule has 0 amide bonds. The van der Waals surface area contributed by atoms with Crippen LogP contribution in [0, 0.1) is 46.3 Å².